The van der Waals surface area contributed by atoms with Crippen molar-refractivity contribution in [2.75, 3.05) is 0 Å². The zero-order valence-electron chi connectivity index (χ0n) is 10.7. The third-order valence-electron chi connectivity index (χ3n) is 3.78. The largest absolute Gasteiger partial charge is 0.310 e. The molecule has 0 heterocycles. The lowest BCUT2D eigenvalue weighted by Gasteiger charge is -2.27. The Morgan fingerprint density at radius 3 is 2.67 bits per heavy atom. The molecule has 1 aromatic carbocycles. The molecular formula is C15H19FN2. The Bertz CT molecular complexity index is 442. The fourth-order valence-corrected chi connectivity index (χ4v) is 2.48. The third kappa shape index (κ3) is 3.30. The standard InChI is InChI=1S/C15H19FN2/c1-11-2-6-14(7-3-11)18-10-13-5-4-12(9-17)8-15(13)16/h4-5,8,11,14,18H,2-3,6-7,10H2,1H3. The van der Waals surface area contributed by atoms with E-state index >= 15 is 0 Å². The molecule has 2 rings (SSSR count). The number of nitriles is 1. The van der Waals surface area contributed by atoms with Gasteiger partial charge in [0.1, 0.15) is 5.82 Å². The summed E-state index contributed by atoms with van der Waals surface area (Å²) in [4.78, 5) is 0. The summed E-state index contributed by atoms with van der Waals surface area (Å²) in [6, 6.07) is 7.13. The van der Waals surface area contributed by atoms with Crippen molar-refractivity contribution in [3.8, 4) is 6.07 Å². The molecule has 0 radical (unpaired) electrons. The van der Waals surface area contributed by atoms with Crippen LogP contribution >= 0.6 is 0 Å². The number of benzene rings is 1. The normalized spacial score (nSPS) is 23.6. The van der Waals surface area contributed by atoms with E-state index in [2.05, 4.69) is 12.2 Å². The molecule has 1 aliphatic carbocycles. The van der Waals surface area contributed by atoms with Gasteiger partial charge in [0.15, 0.2) is 0 Å². The first-order chi connectivity index (χ1) is 8.69. The number of halogens is 1. The van der Waals surface area contributed by atoms with Gasteiger partial charge in [-0.15, -0.1) is 0 Å². The quantitative estimate of drug-likeness (QED) is 0.887. The maximum absolute atomic E-state index is 13.7. The van der Waals surface area contributed by atoms with Crippen LogP contribution in [0, 0.1) is 23.1 Å². The lowest BCUT2D eigenvalue weighted by Crippen LogP contribution is -2.32. The van der Waals surface area contributed by atoms with Gasteiger partial charge in [0.05, 0.1) is 11.6 Å². The van der Waals surface area contributed by atoms with Gasteiger partial charge in [0, 0.05) is 18.2 Å². The van der Waals surface area contributed by atoms with E-state index in [1.54, 1.807) is 12.1 Å². The van der Waals surface area contributed by atoms with Crippen LogP contribution in [0.4, 0.5) is 4.39 Å². The van der Waals surface area contributed by atoms with Gasteiger partial charge in [0.2, 0.25) is 0 Å². The Morgan fingerprint density at radius 1 is 1.33 bits per heavy atom. The van der Waals surface area contributed by atoms with Crippen LogP contribution in [0.15, 0.2) is 18.2 Å². The summed E-state index contributed by atoms with van der Waals surface area (Å²) in [5.41, 5.74) is 1.02. The van der Waals surface area contributed by atoms with Crippen molar-refractivity contribution in [3.05, 3.63) is 35.1 Å². The molecule has 0 amide bonds. The van der Waals surface area contributed by atoms with E-state index in [1.807, 2.05) is 6.07 Å². The summed E-state index contributed by atoms with van der Waals surface area (Å²) in [5, 5.41) is 12.1. The van der Waals surface area contributed by atoms with E-state index in [1.165, 1.54) is 31.7 Å². The molecule has 0 saturated heterocycles. The summed E-state index contributed by atoms with van der Waals surface area (Å²) in [6.45, 7) is 2.84. The van der Waals surface area contributed by atoms with E-state index in [0.717, 1.165) is 5.92 Å². The van der Waals surface area contributed by atoms with E-state index < -0.39 is 0 Å². The summed E-state index contributed by atoms with van der Waals surface area (Å²) in [7, 11) is 0. The Kier molecular flexibility index (Phi) is 4.33. The first-order valence-electron chi connectivity index (χ1n) is 6.61. The van der Waals surface area contributed by atoms with E-state index in [0.29, 0.717) is 23.7 Å². The molecule has 1 aliphatic rings. The third-order valence-corrected chi connectivity index (χ3v) is 3.78. The Balaban J connectivity index is 1.89. The molecule has 0 bridgehead atoms. The summed E-state index contributed by atoms with van der Waals surface area (Å²) in [6.07, 6.45) is 4.87. The van der Waals surface area contributed by atoms with Gasteiger partial charge in [0.25, 0.3) is 0 Å². The van der Waals surface area contributed by atoms with Crippen LogP contribution in [0.1, 0.15) is 43.7 Å². The zero-order valence-corrected chi connectivity index (χ0v) is 10.7. The second kappa shape index (κ2) is 5.97. The lowest BCUT2D eigenvalue weighted by atomic mass is 9.87. The number of nitrogens with one attached hydrogen (secondary N) is 1. The van der Waals surface area contributed by atoms with Gasteiger partial charge < -0.3 is 5.32 Å². The van der Waals surface area contributed by atoms with E-state index in [-0.39, 0.29) is 5.82 Å². The minimum atomic E-state index is -0.286. The average Bonchev–Trinajstić information content (AvgIpc) is 2.39. The van der Waals surface area contributed by atoms with E-state index in [4.69, 9.17) is 5.26 Å². The predicted octanol–water partition coefficient (Wildman–Crippen LogP) is 3.37. The Morgan fingerprint density at radius 2 is 2.06 bits per heavy atom. The number of hydrogen-bond donors (Lipinski definition) is 1. The molecule has 0 unspecified atom stereocenters. The predicted molar refractivity (Wildman–Crippen MR) is 69.4 cm³/mol. The van der Waals surface area contributed by atoms with Gasteiger partial charge in [-0.3, -0.25) is 0 Å². The topological polar surface area (TPSA) is 35.8 Å². The highest BCUT2D eigenvalue weighted by atomic mass is 19.1. The van der Waals surface area contributed by atoms with Crippen LogP contribution in [0.25, 0.3) is 0 Å². The summed E-state index contributed by atoms with van der Waals surface area (Å²) in [5.74, 6) is 0.542. The van der Waals surface area contributed by atoms with Crippen molar-refractivity contribution < 1.29 is 4.39 Å². The van der Waals surface area contributed by atoms with Crippen molar-refractivity contribution >= 4 is 0 Å². The second-order valence-corrected chi connectivity index (χ2v) is 5.26. The maximum Gasteiger partial charge on any atom is 0.129 e. The van der Waals surface area contributed by atoms with Crippen LogP contribution < -0.4 is 5.32 Å². The molecule has 0 spiro atoms. The fraction of sp³-hybridized carbons (Fsp3) is 0.533. The van der Waals surface area contributed by atoms with Crippen molar-refractivity contribution in [2.45, 2.75) is 45.2 Å². The Labute approximate surface area is 108 Å². The van der Waals surface area contributed by atoms with Gasteiger partial charge in [-0.25, -0.2) is 4.39 Å². The molecule has 18 heavy (non-hydrogen) atoms. The fourth-order valence-electron chi connectivity index (χ4n) is 2.48. The molecule has 1 saturated carbocycles. The van der Waals surface area contributed by atoms with Crippen molar-refractivity contribution in [2.24, 2.45) is 5.92 Å². The summed E-state index contributed by atoms with van der Waals surface area (Å²) >= 11 is 0. The zero-order chi connectivity index (χ0) is 13.0. The Hall–Kier alpha value is -1.40. The van der Waals surface area contributed by atoms with Crippen LogP contribution in [0.2, 0.25) is 0 Å². The number of rotatable bonds is 3. The van der Waals surface area contributed by atoms with Crippen molar-refractivity contribution in [3.63, 3.8) is 0 Å². The molecule has 0 atom stereocenters. The molecule has 1 aromatic rings. The van der Waals surface area contributed by atoms with Gasteiger partial charge in [-0.1, -0.05) is 13.0 Å². The minimum Gasteiger partial charge on any atom is -0.310 e. The van der Waals surface area contributed by atoms with Gasteiger partial charge in [-0.2, -0.15) is 5.26 Å². The highest BCUT2D eigenvalue weighted by molar-refractivity contribution is 5.32. The summed E-state index contributed by atoms with van der Waals surface area (Å²) < 4.78 is 13.7. The van der Waals surface area contributed by atoms with E-state index in [9.17, 15) is 4.39 Å². The maximum atomic E-state index is 13.7. The molecule has 1 fully saturated rings. The average molecular weight is 246 g/mol. The van der Waals surface area contributed by atoms with Gasteiger partial charge >= 0.3 is 0 Å². The van der Waals surface area contributed by atoms with Crippen molar-refractivity contribution in [1.82, 2.24) is 5.32 Å². The van der Waals surface area contributed by atoms with Crippen LogP contribution in [0.5, 0.6) is 0 Å². The molecule has 1 N–H and O–H groups in total. The highest BCUT2D eigenvalue weighted by Crippen LogP contribution is 2.23. The lowest BCUT2D eigenvalue weighted by molar-refractivity contribution is 0.305. The van der Waals surface area contributed by atoms with Crippen LogP contribution in [-0.2, 0) is 6.54 Å². The van der Waals surface area contributed by atoms with Gasteiger partial charge in [-0.05, 0) is 43.7 Å². The number of hydrogen-bond acceptors (Lipinski definition) is 2. The molecular weight excluding hydrogens is 227 g/mol. The van der Waals surface area contributed by atoms with Crippen LogP contribution in [0.3, 0.4) is 0 Å². The molecule has 0 aromatic heterocycles. The highest BCUT2D eigenvalue weighted by Gasteiger charge is 2.17. The van der Waals surface area contributed by atoms with Crippen LogP contribution in [-0.4, -0.2) is 6.04 Å². The first kappa shape index (κ1) is 13.0. The molecule has 2 nitrogen and oxygen atoms in total. The SMILES string of the molecule is CC1CCC(NCc2ccc(C#N)cc2F)CC1. The number of nitrogens with zero attached hydrogens (tertiary/aromatic N) is 1. The molecule has 3 heteroatoms. The minimum absolute atomic E-state index is 0.286. The first-order valence-corrected chi connectivity index (χ1v) is 6.61. The monoisotopic (exact) mass is 246 g/mol. The molecule has 0 aliphatic heterocycles. The smallest absolute Gasteiger partial charge is 0.129 e. The second-order valence-electron chi connectivity index (χ2n) is 5.26. The molecule has 96 valence electrons. The van der Waals surface area contributed by atoms with Crippen molar-refractivity contribution in [1.29, 1.82) is 5.26 Å².